The molecule has 1 fully saturated rings. The van der Waals surface area contributed by atoms with Crippen LogP contribution in [0, 0.1) is 6.92 Å². The smallest absolute Gasteiger partial charge is 0.387 e. The van der Waals surface area contributed by atoms with Crippen LogP contribution in [0.4, 0.5) is 8.78 Å². The van der Waals surface area contributed by atoms with Crippen LogP contribution >= 0.6 is 0 Å². The van der Waals surface area contributed by atoms with E-state index in [1.165, 1.54) is 0 Å². The van der Waals surface area contributed by atoms with Gasteiger partial charge in [0, 0.05) is 38.2 Å². The van der Waals surface area contributed by atoms with Gasteiger partial charge in [-0.1, -0.05) is 42.0 Å². The van der Waals surface area contributed by atoms with E-state index in [0.29, 0.717) is 44.1 Å². The molecule has 0 aromatic heterocycles. The molecule has 8 heteroatoms. The molecule has 2 aromatic carbocycles. The third-order valence-electron chi connectivity index (χ3n) is 5.18. The van der Waals surface area contributed by atoms with Gasteiger partial charge in [0.1, 0.15) is 5.75 Å². The van der Waals surface area contributed by atoms with Gasteiger partial charge in [0.2, 0.25) is 5.91 Å². The monoisotopic (exact) mass is 444 g/mol. The maximum atomic E-state index is 12.7. The van der Waals surface area contributed by atoms with Crippen LogP contribution in [0.25, 0.3) is 0 Å². The lowest BCUT2D eigenvalue weighted by molar-refractivity contribution is -0.128. The van der Waals surface area contributed by atoms with Crippen LogP contribution in [0.1, 0.15) is 42.0 Å². The summed E-state index contributed by atoms with van der Waals surface area (Å²) in [6.07, 6.45) is 1.55. The average Bonchev–Trinajstić information content (AvgIpc) is 3.16. The number of carbonyl (C=O) groups is 1. The first kappa shape index (κ1) is 23.5. The van der Waals surface area contributed by atoms with Crippen molar-refractivity contribution >= 4 is 11.9 Å². The first-order valence-electron chi connectivity index (χ1n) is 10.9. The van der Waals surface area contributed by atoms with E-state index in [-0.39, 0.29) is 11.7 Å². The quantitative estimate of drug-likeness (QED) is 0.454. The highest BCUT2D eigenvalue weighted by molar-refractivity contribution is 5.80. The molecule has 1 aliphatic heterocycles. The minimum absolute atomic E-state index is 0.151. The van der Waals surface area contributed by atoms with Crippen LogP contribution in [0.15, 0.2) is 47.5 Å². The van der Waals surface area contributed by atoms with Gasteiger partial charge in [0.15, 0.2) is 5.96 Å². The summed E-state index contributed by atoms with van der Waals surface area (Å²) in [6, 6.07) is 13.2. The summed E-state index contributed by atoms with van der Waals surface area (Å²) in [5.74, 6) is 0.939. The number of aliphatic imine (C=N–C) groups is 1. The van der Waals surface area contributed by atoms with E-state index >= 15 is 0 Å². The molecule has 6 nitrogen and oxygen atoms in total. The number of nitrogens with zero attached hydrogens (tertiary/aromatic N) is 2. The molecule has 1 aliphatic rings. The number of halogens is 2. The lowest BCUT2D eigenvalue weighted by atomic mass is 10.1. The fourth-order valence-electron chi connectivity index (χ4n) is 3.67. The van der Waals surface area contributed by atoms with E-state index < -0.39 is 6.61 Å². The van der Waals surface area contributed by atoms with Crippen molar-refractivity contribution in [2.24, 2.45) is 4.99 Å². The zero-order valence-electron chi connectivity index (χ0n) is 18.5. The number of likely N-dealkylation sites (tertiary alicyclic amines) is 1. The second-order valence-electron chi connectivity index (χ2n) is 7.78. The molecule has 0 atom stereocenters. The number of hydrogen-bond acceptors (Lipinski definition) is 3. The van der Waals surface area contributed by atoms with E-state index in [4.69, 9.17) is 0 Å². The van der Waals surface area contributed by atoms with Crippen LogP contribution in [0.3, 0.4) is 0 Å². The Kier molecular flexibility index (Phi) is 8.41. The molecule has 2 aromatic rings. The Labute approximate surface area is 187 Å². The molecule has 1 saturated heterocycles. The predicted octanol–water partition coefficient (Wildman–Crippen LogP) is 3.97. The summed E-state index contributed by atoms with van der Waals surface area (Å²) < 4.78 is 30.1. The predicted molar refractivity (Wildman–Crippen MR) is 121 cm³/mol. The van der Waals surface area contributed by atoms with Crippen molar-refractivity contribution < 1.29 is 18.3 Å². The van der Waals surface area contributed by atoms with Crippen molar-refractivity contribution in [2.45, 2.75) is 52.9 Å². The van der Waals surface area contributed by atoms with E-state index in [9.17, 15) is 13.6 Å². The molecule has 3 rings (SSSR count). The normalized spacial score (nSPS) is 14.2. The zero-order valence-corrected chi connectivity index (χ0v) is 18.5. The summed E-state index contributed by atoms with van der Waals surface area (Å²) in [4.78, 5) is 18.4. The molecule has 0 aliphatic carbocycles. The maximum Gasteiger partial charge on any atom is 0.387 e. The number of carbonyl (C=O) groups excluding carboxylic acids is 1. The second kappa shape index (κ2) is 11.5. The number of benzene rings is 2. The number of nitrogens with one attached hydrogen (secondary N) is 2. The van der Waals surface area contributed by atoms with Gasteiger partial charge in [0.05, 0.1) is 6.54 Å². The number of rotatable bonds is 9. The molecule has 0 saturated carbocycles. The van der Waals surface area contributed by atoms with Crippen LogP contribution in [0.2, 0.25) is 0 Å². The lowest BCUT2D eigenvalue weighted by Crippen LogP contribution is -2.37. The largest absolute Gasteiger partial charge is 0.434 e. The Morgan fingerprint density at radius 2 is 2.00 bits per heavy atom. The van der Waals surface area contributed by atoms with Gasteiger partial charge in [-0.2, -0.15) is 8.78 Å². The number of aryl methyl sites for hydroxylation is 1. The van der Waals surface area contributed by atoms with Crippen molar-refractivity contribution in [3.05, 3.63) is 64.7 Å². The first-order valence-corrected chi connectivity index (χ1v) is 10.9. The molecule has 1 heterocycles. The summed E-state index contributed by atoms with van der Waals surface area (Å²) in [5.41, 5.74) is 3.70. The molecule has 172 valence electrons. The van der Waals surface area contributed by atoms with E-state index in [0.717, 1.165) is 29.7 Å². The highest BCUT2D eigenvalue weighted by Gasteiger charge is 2.19. The Hall–Kier alpha value is -3.16. The highest BCUT2D eigenvalue weighted by Crippen LogP contribution is 2.22. The van der Waals surface area contributed by atoms with E-state index in [1.807, 2.05) is 43.0 Å². The molecule has 0 spiro atoms. The zero-order chi connectivity index (χ0) is 22.9. The highest BCUT2D eigenvalue weighted by atomic mass is 19.3. The number of alkyl halides is 2. The summed E-state index contributed by atoms with van der Waals surface area (Å²) >= 11 is 0. The topological polar surface area (TPSA) is 66.0 Å². The third-order valence-corrected chi connectivity index (χ3v) is 5.18. The van der Waals surface area contributed by atoms with Gasteiger partial charge in [-0.25, -0.2) is 4.99 Å². The van der Waals surface area contributed by atoms with Crippen molar-refractivity contribution in [1.82, 2.24) is 15.5 Å². The first-order chi connectivity index (χ1) is 15.4. The number of hydrogen-bond donors (Lipinski definition) is 2. The minimum Gasteiger partial charge on any atom is -0.434 e. The van der Waals surface area contributed by atoms with Crippen molar-refractivity contribution in [2.75, 3.05) is 13.1 Å². The molecule has 2 N–H and O–H groups in total. The molecule has 1 amide bonds. The Morgan fingerprint density at radius 1 is 1.19 bits per heavy atom. The Morgan fingerprint density at radius 3 is 2.72 bits per heavy atom. The van der Waals surface area contributed by atoms with Gasteiger partial charge in [-0.15, -0.1) is 0 Å². The van der Waals surface area contributed by atoms with E-state index in [2.05, 4.69) is 26.4 Å². The standard InChI is InChI=1S/C24H30F2N4O2/c1-3-27-24(29-15-20-12-17(2)9-10-21(20)32-23(25)26)28-14-18-6-4-7-19(13-18)16-30-11-5-8-22(30)31/h4,6-7,9-10,12-13,23H,3,5,8,11,14-16H2,1-2H3,(H2,27,28,29). The van der Waals surface area contributed by atoms with Crippen LogP contribution < -0.4 is 15.4 Å². The summed E-state index contributed by atoms with van der Waals surface area (Å²) in [6.45, 7) is 3.83. The van der Waals surface area contributed by atoms with Crippen molar-refractivity contribution in [1.29, 1.82) is 0 Å². The average molecular weight is 445 g/mol. The van der Waals surface area contributed by atoms with Crippen LogP contribution in [0.5, 0.6) is 5.75 Å². The van der Waals surface area contributed by atoms with Gasteiger partial charge in [-0.05, 0) is 37.5 Å². The van der Waals surface area contributed by atoms with Crippen LogP contribution in [-0.2, 0) is 24.4 Å². The van der Waals surface area contributed by atoms with E-state index in [1.54, 1.807) is 12.1 Å². The summed E-state index contributed by atoms with van der Waals surface area (Å²) in [7, 11) is 0. The van der Waals surface area contributed by atoms with Gasteiger partial charge >= 0.3 is 6.61 Å². The molecular weight excluding hydrogens is 414 g/mol. The molecule has 0 unspecified atom stereocenters. The number of amides is 1. The molecule has 0 radical (unpaired) electrons. The fraction of sp³-hybridized carbons (Fsp3) is 0.417. The molecule has 0 bridgehead atoms. The van der Waals surface area contributed by atoms with Crippen molar-refractivity contribution in [3.8, 4) is 5.75 Å². The van der Waals surface area contributed by atoms with Crippen LogP contribution in [-0.4, -0.2) is 36.5 Å². The second-order valence-corrected chi connectivity index (χ2v) is 7.78. The maximum absolute atomic E-state index is 12.7. The van der Waals surface area contributed by atoms with Gasteiger partial charge in [0.25, 0.3) is 0 Å². The Bertz CT molecular complexity index is 949. The van der Waals surface area contributed by atoms with Gasteiger partial charge in [-0.3, -0.25) is 4.79 Å². The number of ether oxygens (including phenoxy) is 1. The Balaban J connectivity index is 1.65. The van der Waals surface area contributed by atoms with Gasteiger partial charge < -0.3 is 20.3 Å². The summed E-state index contributed by atoms with van der Waals surface area (Å²) in [5, 5.41) is 6.36. The lowest BCUT2D eigenvalue weighted by Gasteiger charge is -2.16. The third kappa shape index (κ3) is 6.93. The fourth-order valence-corrected chi connectivity index (χ4v) is 3.67. The number of guanidine groups is 1. The SMILES string of the molecule is CCNC(=NCc1cccc(CN2CCCC2=O)c1)NCc1cc(C)ccc1OC(F)F. The van der Waals surface area contributed by atoms with Crippen molar-refractivity contribution in [3.63, 3.8) is 0 Å². The molecular formula is C24H30F2N4O2. The minimum atomic E-state index is -2.87. The molecule has 32 heavy (non-hydrogen) atoms.